The van der Waals surface area contributed by atoms with Crippen LogP contribution in [0.2, 0.25) is 0 Å². The molecule has 0 saturated carbocycles. The van der Waals surface area contributed by atoms with E-state index in [1.807, 2.05) is 12.1 Å². The molecule has 1 aliphatic rings. The van der Waals surface area contributed by atoms with Crippen LogP contribution in [-0.4, -0.2) is 29.6 Å². The van der Waals surface area contributed by atoms with Crippen LogP contribution in [0, 0.1) is 30.9 Å². The Labute approximate surface area is 154 Å². The van der Waals surface area contributed by atoms with Gasteiger partial charge in [-0.25, -0.2) is 4.90 Å². The number of quaternary nitrogens is 1. The van der Waals surface area contributed by atoms with E-state index >= 15 is 0 Å². The summed E-state index contributed by atoms with van der Waals surface area (Å²) in [5, 5.41) is 11.2. The summed E-state index contributed by atoms with van der Waals surface area (Å²) >= 11 is 0. The average molecular weight is 362 g/mol. The third kappa shape index (κ3) is 4.18. The number of para-hydroxylation sites is 1. The Morgan fingerprint density at radius 1 is 1.16 bits per heavy atom. The van der Waals surface area contributed by atoms with Gasteiger partial charge in [-0.15, -0.1) is 0 Å². The van der Waals surface area contributed by atoms with E-state index in [4.69, 9.17) is 0 Å². The summed E-state index contributed by atoms with van der Waals surface area (Å²) in [6.07, 6.45) is 0. The van der Waals surface area contributed by atoms with Crippen LogP contribution in [-0.2, 0) is 6.54 Å². The molecule has 1 unspecified atom stereocenters. The molecule has 25 heavy (non-hydrogen) atoms. The zero-order valence-electron chi connectivity index (χ0n) is 14.9. The third-order valence-electron chi connectivity index (χ3n) is 4.76. The van der Waals surface area contributed by atoms with Crippen LogP contribution >= 0.6 is 0 Å². The second-order valence-electron chi connectivity index (χ2n) is 6.72. The highest BCUT2D eigenvalue weighted by atomic mass is 35.5. The molecule has 5 nitrogen and oxygen atoms in total. The molecular weight excluding hydrogens is 338 g/mol. The lowest BCUT2D eigenvalue weighted by Crippen LogP contribution is -3.06. The van der Waals surface area contributed by atoms with Crippen LogP contribution < -0.4 is 17.3 Å². The molecule has 0 spiro atoms. The smallest absolute Gasteiger partial charge is 0.273 e. The normalized spacial score (nSPS) is 17.3. The zero-order valence-corrected chi connectivity index (χ0v) is 15.6. The molecule has 3 rings (SSSR count). The maximum absolute atomic E-state index is 11.2. The molecule has 0 bridgehead atoms. The van der Waals surface area contributed by atoms with E-state index in [2.05, 4.69) is 37.8 Å². The van der Waals surface area contributed by atoms with Crippen molar-refractivity contribution in [1.82, 2.24) is 4.90 Å². The Bertz CT molecular complexity index is 756. The summed E-state index contributed by atoms with van der Waals surface area (Å²) in [5.74, 6) is 0. The summed E-state index contributed by atoms with van der Waals surface area (Å²) in [5.41, 5.74) is 6.34. The molecule has 2 aromatic rings. The van der Waals surface area contributed by atoms with Crippen molar-refractivity contribution in [3.8, 4) is 0 Å². The minimum atomic E-state index is -0.287. The van der Waals surface area contributed by atoms with Crippen LogP contribution in [0.5, 0.6) is 0 Å². The number of nitrogens with one attached hydrogen (secondary N) is 1. The van der Waals surface area contributed by atoms with E-state index in [0.717, 1.165) is 25.3 Å². The van der Waals surface area contributed by atoms with Crippen LogP contribution in [0.4, 0.5) is 11.4 Å². The molecule has 6 heteroatoms. The van der Waals surface area contributed by atoms with Gasteiger partial charge in [-0.1, -0.05) is 35.9 Å². The molecule has 1 atom stereocenters. The molecule has 1 N–H and O–H groups in total. The number of nitro benzene ring substituents is 1. The highest BCUT2D eigenvalue weighted by Gasteiger charge is 2.29. The maximum atomic E-state index is 11.2. The SMILES string of the molecule is Cc1cc(C)c([NH+]2CCN(Cc3ccccc3[N+](=O)[O-])C2)c(C)c1.[Cl-]. The van der Waals surface area contributed by atoms with Gasteiger partial charge in [0.1, 0.15) is 12.4 Å². The van der Waals surface area contributed by atoms with E-state index < -0.39 is 0 Å². The predicted molar refractivity (Wildman–Crippen MR) is 94.5 cm³/mol. The van der Waals surface area contributed by atoms with E-state index in [0.29, 0.717) is 6.54 Å². The van der Waals surface area contributed by atoms with Crippen molar-refractivity contribution in [2.45, 2.75) is 27.3 Å². The largest absolute Gasteiger partial charge is 1.00 e. The summed E-state index contributed by atoms with van der Waals surface area (Å²) in [7, 11) is 0. The van der Waals surface area contributed by atoms with Gasteiger partial charge in [0.25, 0.3) is 5.69 Å². The van der Waals surface area contributed by atoms with Gasteiger partial charge < -0.3 is 12.4 Å². The fraction of sp³-hybridized carbons (Fsp3) is 0.368. The van der Waals surface area contributed by atoms with Gasteiger partial charge in [0.2, 0.25) is 0 Å². The molecule has 1 saturated heterocycles. The van der Waals surface area contributed by atoms with Gasteiger partial charge in [0.05, 0.1) is 18.0 Å². The molecule has 134 valence electrons. The third-order valence-corrected chi connectivity index (χ3v) is 4.76. The van der Waals surface area contributed by atoms with Gasteiger partial charge in [-0.05, 0) is 20.8 Å². The summed E-state index contributed by atoms with van der Waals surface area (Å²) in [6.45, 7) is 9.98. The van der Waals surface area contributed by atoms with E-state index in [9.17, 15) is 10.1 Å². The zero-order chi connectivity index (χ0) is 17.3. The lowest BCUT2D eigenvalue weighted by atomic mass is 10.0. The van der Waals surface area contributed by atoms with Crippen molar-refractivity contribution >= 4 is 11.4 Å². The molecular formula is C19H24ClN3O2. The summed E-state index contributed by atoms with van der Waals surface area (Å²) < 4.78 is 0. The van der Waals surface area contributed by atoms with E-state index in [-0.39, 0.29) is 23.0 Å². The van der Waals surface area contributed by atoms with Crippen LogP contribution in [0.1, 0.15) is 22.3 Å². The number of rotatable bonds is 4. The first-order chi connectivity index (χ1) is 11.5. The maximum Gasteiger partial charge on any atom is 0.273 e. The van der Waals surface area contributed by atoms with Gasteiger partial charge in [0, 0.05) is 29.3 Å². The topological polar surface area (TPSA) is 50.8 Å². The second-order valence-corrected chi connectivity index (χ2v) is 6.72. The number of halogens is 1. The van der Waals surface area contributed by atoms with Crippen molar-refractivity contribution < 1.29 is 22.2 Å². The molecule has 2 aromatic carbocycles. The average Bonchev–Trinajstić information content (AvgIpc) is 2.94. The van der Waals surface area contributed by atoms with E-state index in [1.54, 1.807) is 12.1 Å². The number of nitrogens with zero attached hydrogens (tertiary/aromatic N) is 2. The van der Waals surface area contributed by atoms with Gasteiger partial charge >= 0.3 is 0 Å². The number of nitro groups is 1. The lowest BCUT2D eigenvalue weighted by Gasteiger charge is -2.19. The Morgan fingerprint density at radius 3 is 2.44 bits per heavy atom. The first kappa shape index (κ1) is 19.4. The molecule has 1 aliphatic heterocycles. The molecule has 0 aliphatic carbocycles. The minimum absolute atomic E-state index is 0. The second kappa shape index (κ2) is 7.95. The van der Waals surface area contributed by atoms with Crippen LogP contribution in [0.3, 0.4) is 0 Å². The molecule has 0 aromatic heterocycles. The first-order valence-corrected chi connectivity index (χ1v) is 8.33. The van der Waals surface area contributed by atoms with E-state index in [1.165, 1.54) is 27.3 Å². The Balaban J connectivity index is 0.00000225. The van der Waals surface area contributed by atoms with Crippen molar-refractivity contribution in [2.75, 3.05) is 19.8 Å². The molecule has 0 amide bonds. The summed E-state index contributed by atoms with van der Waals surface area (Å²) in [6, 6.07) is 11.5. The number of aryl methyl sites for hydroxylation is 3. The number of hydrogen-bond acceptors (Lipinski definition) is 3. The Hall–Kier alpha value is -1.95. The lowest BCUT2D eigenvalue weighted by molar-refractivity contribution is -0.824. The van der Waals surface area contributed by atoms with Crippen molar-refractivity contribution in [1.29, 1.82) is 0 Å². The van der Waals surface area contributed by atoms with Crippen molar-refractivity contribution in [3.63, 3.8) is 0 Å². The number of benzene rings is 2. The van der Waals surface area contributed by atoms with Gasteiger partial charge in [-0.3, -0.25) is 15.0 Å². The quantitative estimate of drug-likeness (QED) is 0.591. The summed E-state index contributed by atoms with van der Waals surface area (Å²) in [4.78, 5) is 14.6. The monoisotopic (exact) mass is 361 g/mol. The molecule has 0 radical (unpaired) electrons. The minimum Gasteiger partial charge on any atom is -1.00 e. The van der Waals surface area contributed by atoms with Gasteiger partial charge in [0.15, 0.2) is 0 Å². The van der Waals surface area contributed by atoms with Crippen molar-refractivity contribution in [3.05, 3.63) is 68.8 Å². The predicted octanol–water partition coefficient (Wildman–Crippen LogP) is -0.486. The Morgan fingerprint density at radius 2 is 1.80 bits per heavy atom. The van der Waals surface area contributed by atoms with Crippen LogP contribution in [0.25, 0.3) is 0 Å². The molecule has 1 fully saturated rings. The highest BCUT2D eigenvalue weighted by Crippen LogP contribution is 2.21. The standard InChI is InChI=1S/C19H23N3O2.ClH/c1-14-10-15(2)19(16(3)11-14)21-9-8-20(13-21)12-17-6-4-5-7-18(17)22(23)24;/h4-7,10-11H,8-9,12-13H2,1-3H3;1H. The Kier molecular flexibility index (Phi) is 6.16. The molecule has 1 heterocycles. The van der Waals surface area contributed by atoms with Gasteiger partial charge in [-0.2, -0.15) is 0 Å². The van der Waals surface area contributed by atoms with Crippen LogP contribution in [0.15, 0.2) is 36.4 Å². The fourth-order valence-corrected chi connectivity index (χ4v) is 3.86. The number of hydrogen-bond donors (Lipinski definition) is 1. The van der Waals surface area contributed by atoms with Crippen molar-refractivity contribution in [2.24, 2.45) is 0 Å². The highest BCUT2D eigenvalue weighted by molar-refractivity contribution is 5.48. The fourth-order valence-electron chi connectivity index (χ4n) is 3.86. The first-order valence-electron chi connectivity index (χ1n) is 8.33.